The van der Waals surface area contributed by atoms with Crippen LogP contribution in [0.3, 0.4) is 0 Å². The van der Waals surface area contributed by atoms with Crippen LogP contribution in [0.2, 0.25) is 0 Å². The zero-order valence-corrected chi connectivity index (χ0v) is 40.2. The van der Waals surface area contributed by atoms with Gasteiger partial charge < -0.3 is 94.1 Å². The van der Waals surface area contributed by atoms with Gasteiger partial charge in [-0.15, -0.1) is 0 Å². The van der Waals surface area contributed by atoms with Gasteiger partial charge in [0.15, 0.2) is 24.7 Å². The van der Waals surface area contributed by atoms with Crippen molar-refractivity contribution in [3.63, 3.8) is 0 Å². The van der Waals surface area contributed by atoms with E-state index >= 15 is 0 Å². The van der Waals surface area contributed by atoms with E-state index in [4.69, 9.17) is 37.9 Å². The van der Waals surface area contributed by atoms with E-state index in [1.54, 1.807) is 0 Å². The van der Waals surface area contributed by atoms with Crippen LogP contribution in [0, 0.1) is 45.8 Å². The first-order chi connectivity index (χ1) is 31.8. The molecule has 4 saturated heterocycles. The Kier molecular flexibility index (Phi) is 15.3. The van der Waals surface area contributed by atoms with Gasteiger partial charge in [0.25, 0.3) is 0 Å². The van der Waals surface area contributed by atoms with Crippen LogP contribution in [0.5, 0.6) is 0 Å². The lowest BCUT2D eigenvalue weighted by Gasteiger charge is -2.60. The molecular formula is C48H78O20. The molecule has 0 aromatic heterocycles. The summed E-state index contributed by atoms with van der Waals surface area (Å²) in [6.07, 6.45) is -16.7. The Morgan fingerprint density at radius 2 is 1.47 bits per heavy atom. The summed E-state index contributed by atoms with van der Waals surface area (Å²) in [6.45, 7) is 12.3. The molecular weight excluding hydrogens is 897 g/mol. The fourth-order valence-corrected chi connectivity index (χ4v) is 13.9. The lowest BCUT2D eigenvalue weighted by Crippen LogP contribution is -2.65. The lowest BCUT2D eigenvalue weighted by atomic mass is 9.46. The van der Waals surface area contributed by atoms with Crippen molar-refractivity contribution in [2.24, 2.45) is 45.8 Å². The number of rotatable bonds is 13. The molecule has 4 heterocycles. The molecule has 26 atom stereocenters. The molecule has 4 aliphatic heterocycles. The van der Waals surface area contributed by atoms with E-state index in [9.17, 15) is 61.0 Å². The van der Waals surface area contributed by atoms with E-state index in [0.717, 1.165) is 31.3 Å². The minimum Gasteiger partial charge on any atom is -0.463 e. The molecule has 390 valence electrons. The number of allylic oxidation sites excluding steroid dienone is 1. The van der Waals surface area contributed by atoms with Gasteiger partial charge in [0.05, 0.1) is 37.6 Å². The first-order valence-corrected chi connectivity index (χ1v) is 24.7. The van der Waals surface area contributed by atoms with Gasteiger partial charge in [0, 0.05) is 31.1 Å². The van der Waals surface area contributed by atoms with E-state index in [1.807, 2.05) is 13.8 Å². The summed E-state index contributed by atoms with van der Waals surface area (Å²) in [6, 6.07) is 0. The molecule has 0 spiro atoms. The van der Waals surface area contributed by atoms with Crippen LogP contribution < -0.4 is 0 Å². The second kappa shape index (κ2) is 19.7. The number of ether oxygens (including phenoxy) is 8. The van der Waals surface area contributed by atoms with E-state index in [-0.39, 0.29) is 54.1 Å². The van der Waals surface area contributed by atoms with Crippen LogP contribution in [0.4, 0.5) is 0 Å². The third-order valence-electron chi connectivity index (χ3n) is 18.0. The highest BCUT2D eigenvalue weighted by molar-refractivity contribution is 5.65. The molecule has 11 N–H and O–H groups in total. The molecule has 0 aromatic carbocycles. The molecule has 0 amide bonds. The number of carbonyl (C=O) groups excluding carboxylic acids is 1. The van der Waals surface area contributed by atoms with Crippen LogP contribution in [0.1, 0.15) is 99.8 Å². The highest BCUT2D eigenvalue weighted by atomic mass is 16.8. The van der Waals surface area contributed by atoms with Crippen LogP contribution >= 0.6 is 0 Å². The summed E-state index contributed by atoms with van der Waals surface area (Å²) in [7, 11) is 0. The van der Waals surface area contributed by atoms with Crippen LogP contribution in [0.15, 0.2) is 11.6 Å². The average Bonchev–Trinajstić information content (AvgIpc) is 3.72. The normalized spacial score (nSPS) is 52.6. The van der Waals surface area contributed by atoms with E-state index in [2.05, 4.69) is 26.8 Å². The first kappa shape index (κ1) is 52.8. The van der Waals surface area contributed by atoms with E-state index in [0.29, 0.717) is 19.3 Å². The van der Waals surface area contributed by atoms with Crippen molar-refractivity contribution in [2.45, 2.75) is 216 Å². The molecule has 8 aliphatic rings. The minimum absolute atomic E-state index is 0.0562. The van der Waals surface area contributed by atoms with Gasteiger partial charge in [-0.05, 0) is 80.0 Å². The molecule has 20 nitrogen and oxygen atoms in total. The van der Waals surface area contributed by atoms with Gasteiger partial charge in [-0.25, -0.2) is 0 Å². The maximum absolute atomic E-state index is 12.3. The number of carbonyl (C=O) groups is 1. The standard InChI is InChI=1S/C48H78O20/c1-20-32-28(68-48(20,60)13-12-45(4,5)19-62-42-39(58)37(56)34(53)29(17-49)64-42)16-27-25-9-8-23-14-24(51)15-31(47(23,7)26(25)10-11-46(27,32)6)66-44-41(38(57)35(54)30(65-44)18-61-22(3)50)67-43-40(59)36(55)33(52)21(2)63-43/h8,20-21,24-44,49,51-60H,9-19H2,1-7H3/t20-,21-,24+,25+,26-,27-,28-,29+,30+,31+,32-,33-,34+,35-,36+,37-,38-,39+,40+,41+,42+,43-,44-,46-,47-,48+/m0/s1. The summed E-state index contributed by atoms with van der Waals surface area (Å²) in [4.78, 5) is 11.8. The zero-order valence-electron chi connectivity index (χ0n) is 40.2. The van der Waals surface area contributed by atoms with Gasteiger partial charge in [-0.2, -0.15) is 0 Å². The molecule has 0 aromatic rings. The Bertz CT molecular complexity index is 1800. The number of fused-ring (bicyclic) bond motifs is 7. The van der Waals surface area contributed by atoms with Crippen LogP contribution in [-0.4, -0.2) is 198 Å². The fourth-order valence-electron chi connectivity index (χ4n) is 13.9. The predicted octanol–water partition coefficient (Wildman–Crippen LogP) is -0.900. The van der Waals surface area contributed by atoms with Crippen molar-refractivity contribution < 1.29 is 98.9 Å². The Balaban J connectivity index is 0.974. The first-order valence-electron chi connectivity index (χ1n) is 24.7. The van der Waals surface area contributed by atoms with E-state index in [1.165, 1.54) is 13.8 Å². The zero-order chi connectivity index (χ0) is 49.6. The summed E-state index contributed by atoms with van der Waals surface area (Å²) >= 11 is 0. The third-order valence-corrected chi connectivity index (χ3v) is 18.0. The van der Waals surface area contributed by atoms with Crippen LogP contribution in [-0.2, 0) is 42.7 Å². The summed E-state index contributed by atoms with van der Waals surface area (Å²) < 4.78 is 48.4. The summed E-state index contributed by atoms with van der Waals surface area (Å²) in [5.74, 6) is -1.73. The molecule has 20 heteroatoms. The SMILES string of the molecule is CC(=O)OC[C@H]1O[C@@H](O[C@@H]2C[C@H](O)CC3=CC[C@H]4[C@@H]5C[C@@H]6O[C@](O)(CCC(C)(C)CO[C@@H]7O[C@H](CO)[C@@H](O)[C@H](O)[C@H]7O)[C@@H](C)[C@@H]6[C@@]5(C)CC[C@@H]4[C@]32C)[C@H](O[C@@H]2O[C@@H](C)[C@H](O)[C@@H](O)[C@H]2O)[C@@H](O)[C@H]1O. The Hall–Kier alpha value is -1.51. The average molecular weight is 975 g/mol. The van der Waals surface area contributed by atoms with Crippen molar-refractivity contribution in [1.29, 1.82) is 0 Å². The fraction of sp³-hybridized carbons (Fsp3) is 0.938. The monoisotopic (exact) mass is 975 g/mol. The van der Waals surface area contributed by atoms with Gasteiger partial charge in [0.2, 0.25) is 0 Å². The highest BCUT2D eigenvalue weighted by Crippen LogP contribution is 2.70. The van der Waals surface area contributed by atoms with Crippen molar-refractivity contribution in [1.82, 2.24) is 0 Å². The highest BCUT2D eigenvalue weighted by Gasteiger charge is 2.69. The number of hydrogen-bond acceptors (Lipinski definition) is 20. The number of esters is 1. The third kappa shape index (κ3) is 9.38. The van der Waals surface area contributed by atoms with Crippen molar-refractivity contribution in [3.05, 3.63) is 11.6 Å². The number of aliphatic hydroxyl groups is 11. The number of hydrogen-bond donors (Lipinski definition) is 11. The molecule has 0 unspecified atom stereocenters. The lowest BCUT2D eigenvalue weighted by molar-refractivity contribution is -0.374. The molecule has 7 fully saturated rings. The Morgan fingerprint density at radius 1 is 0.809 bits per heavy atom. The summed E-state index contributed by atoms with van der Waals surface area (Å²) in [5, 5.41) is 119. The maximum Gasteiger partial charge on any atom is 0.302 e. The van der Waals surface area contributed by atoms with Gasteiger partial charge in [0.1, 0.15) is 73.8 Å². The second-order valence-electron chi connectivity index (χ2n) is 22.7. The second-order valence-corrected chi connectivity index (χ2v) is 22.7. The van der Waals surface area contributed by atoms with E-state index < -0.39 is 140 Å². The van der Waals surface area contributed by atoms with Gasteiger partial charge >= 0.3 is 5.97 Å². The topological polar surface area (TPSA) is 313 Å². The molecule has 4 aliphatic carbocycles. The molecule has 3 saturated carbocycles. The molecule has 68 heavy (non-hydrogen) atoms. The van der Waals surface area contributed by atoms with Crippen molar-refractivity contribution in [2.75, 3.05) is 19.8 Å². The smallest absolute Gasteiger partial charge is 0.302 e. The minimum atomic E-state index is -1.74. The molecule has 0 bridgehead atoms. The predicted molar refractivity (Wildman–Crippen MR) is 233 cm³/mol. The molecule has 0 radical (unpaired) electrons. The summed E-state index contributed by atoms with van der Waals surface area (Å²) in [5.41, 5.74) is -0.314. The quantitative estimate of drug-likeness (QED) is 0.0787. The van der Waals surface area contributed by atoms with Crippen LogP contribution in [0.25, 0.3) is 0 Å². The van der Waals surface area contributed by atoms with Gasteiger partial charge in [-0.1, -0.05) is 46.3 Å². The molecule has 8 rings (SSSR count). The maximum atomic E-state index is 12.3. The largest absolute Gasteiger partial charge is 0.463 e. The van der Waals surface area contributed by atoms with Gasteiger partial charge in [-0.3, -0.25) is 4.79 Å². The Morgan fingerprint density at radius 3 is 2.16 bits per heavy atom. The van der Waals surface area contributed by atoms with Crippen molar-refractivity contribution in [3.8, 4) is 0 Å². The Labute approximate surface area is 397 Å². The van der Waals surface area contributed by atoms with Crippen molar-refractivity contribution >= 4 is 5.97 Å². The number of aliphatic hydroxyl groups excluding tert-OH is 10.